The van der Waals surface area contributed by atoms with Crippen LogP contribution in [0.1, 0.15) is 13.3 Å². The Bertz CT molecular complexity index is 889. The molecule has 3 rings (SSSR count). The van der Waals surface area contributed by atoms with E-state index in [4.69, 9.17) is 4.74 Å². The van der Waals surface area contributed by atoms with E-state index < -0.39 is 11.9 Å². The molecule has 0 fully saturated rings. The third kappa shape index (κ3) is 4.55. The number of ether oxygens (including phenoxy) is 1. The molecular weight excluding hydrogens is 348 g/mol. The van der Waals surface area contributed by atoms with E-state index in [1.807, 2.05) is 47.8 Å². The number of hydrogen-bond donors (Lipinski definition) is 1. The minimum absolute atomic E-state index is 0.244. The van der Waals surface area contributed by atoms with Crippen LogP contribution in [-0.2, 0) is 14.3 Å². The van der Waals surface area contributed by atoms with Gasteiger partial charge >= 0.3 is 5.97 Å². The number of benzene rings is 2. The first-order chi connectivity index (χ1) is 12.7. The summed E-state index contributed by atoms with van der Waals surface area (Å²) >= 11 is 1.33. The van der Waals surface area contributed by atoms with Crippen molar-refractivity contribution in [3.8, 4) is 22.4 Å². The highest BCUT2D eigenvalue weighted by atomic mass is 32.1. The van der Waals surface area contributed by atoms with Crippen LogP contribution in [0.25, 0.3) is 22.4 Å². The monoisotopic (exact) mass is 366 g/mol. The highest BCUT2D eigenvalue weighted by Gasteiger charge is 2.10. The Labute approximate surface area is 155 Å². The second-order valence-corrected chi connectivity index (χ2v) is 6.40. The molecule has 0 aliphatic carbocycles. The van der Waals surface area contributed by atoms with Crippen LogP contribution in [0.15, 0.2) is 60.0 Å². The Balaban J connectivity index is 1.64. The quantitative estimate of drug-likeness (QED) is 0.658. The number of amides is 1. The van der Waals surface area contributed by atoms with Crippen LogP contribution in [0, 0.1) is 0 Å². The van der Waals surface area contributed by atoms with Crippen molar-refractivity contribution in [2.24, 2.45) is 0 Å². The topological polar surface area (TPSA) is 68.3 Å². The molecule has 0 saturated heterocycles. The van der Waals surface area contributed by atoms with Gasteiger partial charge in [0, 0.05) is 17.4 Å². The normalized spacial score (nSPS) is 10.3. The zero-order valence-corrected chi connectivity index (χ0v) is 15.1. The first kappa shape index (κ1) is 17.8. The number of rotatable bonds is 6. The smallest absolute Gasteiger partial charge is 0.306 e. The van der Waals surface area contributed by atoms with Crippen LogP contribution in [0.2, 0.25) is 0 Å². The molecule has 0 saturated carbocycles. The van der Waals surface area contributed by atoms with Gasteiger partial charge in [0.25, 0.3) is 5.91 Å². The predicted octanol–water partition coefficient (Wildman–Crippen LogP) is 4.37. The highest BCUT2D eigenvalue weighted by Crippen LogP contribution is 2.27. The lowest BCUT2D eigenvalue weighted by Gasteiger charge is -2.03. The summed E-state index contributed by atoms with van der Waals surface area (Å²) in [6, 6.07) is 18.3. The summed E-state index contributed by atoms with van der Waals surface area (Å²) in [5, 5.41) is 5.00. The molecule has 0 aliphatic heterocycles. The van der Waals surface area contributed by atoms with Crippen LogP contribution in [-0.4, -0.2) is 23.5 Å². The van der Waals surface area contributed by atoms with E-state index in [-0.39, 0.29) is 13.0 Å². The predicted molar refractivity (Wildman–Crippen MR) is 103 cm³/mol. The maximum Gasteiger partial charge on any atom is 0.306 e. The molecular formula is C20H18N2O3S. The van der Waals surface area contributed by atoms with Gasteiger partial charge in [0.2, 0.25) is 0 Å². The molecule has 0 unspecified atom stereocenters. The average Bonchev–Trinajstić information content (AvgIpc) is 3.15. The molecule has 26 heavy (non-hydrogen) atoms. The Morgan fingerprint density at radius 1 is 1.00 bits per heavy atom. The number of carbonyl (C=O) groups is 2. The number of nitrogens with zero attached hydrogens (tertiary/aromatic N) is 1. The molecule has 2 aromatic carbocycles. The number of hydrogen-bond acceptors (Lipinski definition) is 5. The summed E-state index contributed by atoms with van der Waals surface area (Å²) < 4.78 is 4.80. The van der Waals surface area contributed by atoms with E-state index in [0.29, 0.717) is 5.13 Å². The van der Waals surface area contributed by atoms with Crippen molar-refractivity contribution < 1.29 is 14.3 Å². The summed E-state index contributed by atoms with van der Waals surface area (Å²) in [7, 11) is 0. The van der Waals surface area contributed by atoms with Crippen molar-refractivity contribution in [1.29, 1.82) is 0 Å². The lowest BCUT2D eigenvalue weighted by Crippen LogP contribution is -2.20. The molecule has 6 heteroatoms. The van der Waals surface area contributed by atoms with Gasteiger partial charge in [-0.2, -0.15) is 0 Å². The molecule has 0 bridgehead atoms. The zero-order valence-electron chi connectivity index (χ0n) is 14.3. The van der Waals surface area contributed by atoms with Crippen LogP contribution >= 0.6 is 11.3 Å². The van der Waals surface area contributed by atoms with Crippen LogP contribution in [0.5, 0.6) is 0 Å². The van der Waals surface area contributed by atoms with Gasteiger partial charge in [-0.05, 0) is 11.1 Å². The molecule has 0 aliphatic rings. The third-order valence-electron chi connectivity index (χ3n) is 3.69. The van der Waals surface area contributed by atoms with E-state index in [9.17, 15) is 9.59 Å². The van der Waals surface area contributed by atoms with Gasteiger partial charge in [0.15, 0.2) is 11.7 Å². The Morgan fingerprint density at radius 3 is 2.35 bits per heavy atom. The number of thiazole rings is 1. The second kappa shape index (κ2) is 8.40. The van der Waals surface area contributed by atoms with Crippen molar-refractivity contribution in [2.45, 2.75) is 13.3 Å². The van der Waals surface area contributed by atoms with Crippen molar-refractivity contribution in [2.75, 3.05) is 11.9 Å². The van der Waals surface area contributed by atoms with E-state index in [1.54, 1.807) is 6.92 Å². The van der Waals surface area contributed by atoms with Gasteiger partial charge in [-0.1, -0.05) is 61.5 Å². The Morgan fingerprint density at radius 2 is 1.65 bits per heavy atom. The van der Waals surface area contributed by atoms with E-state index in [1.165, 1.54) is 11.3 Å². The Hall–Kier alpha value is -2.99. The fraction of sp³-hybridized carbons (Fsp3) is 0.150. The minimum atomic E-state index is -0.404. The molecule has 5 nitrogen and oxygen atoms in total. The summed E-state index contributed by atoms with van der Waals surface area (Å²) in [4.78, 5) is 27.2. The van der Waals surface area contributed by atoms with Gasteiger partial charge in [0.05, 0.1) is 5.69 Å². The van der Waals surface area contributed by atoms with Gasteiger partial charge in [0.1, 0.15) is 0 Å². The number of aromatic nitrogens is 1. The summed E-state index contributed by atoms with van der Waals surface area (Å²) in [5.74, 6) is -0.800. The maximum absolute atomic E-state index is 11.8. The lowest BCUT2D eigenvalue weighted by atomic mass is 10.0. The molecule has 0 spiro atoms. The van der Waals surface area contributed by atoms with Gasteiger partial charge in [-0.25, -0.2) is 4.98 Å². The maximum atomic E-state index is 11.8. The third-order valence-corrected chi connectivity index (χ3v) is 4.45. The average molecular weight is 366 g/mol. The van der Waals surface area contributed by atoms with E-state index >= 15 is 0 Å². The molecule has 1 aromatic heterocycles. The van der Waals surface area contributed by atoms with Crippen molar-refractivity contribution in [3.05, 3.63) is 60.0 Å². The molecule has 1 heterocycles. The Kier molecular flexibility index (Phi) is 5.76. The number of esters is 1. The fourth-order valence-electron chi connectivity index (χ4n) is 2.33. The van der Waals surface area contributed by atoms with E-state index in [0.717, 1.165) is 22.4 Å². The first-order valence-corrected chi connectivity index (χ1v) is 9.10. The van der Waals surface area contributed by atoms with Crippen molar-refractivity contribution in [1.82, 2.24) is 4.98 Å². The molecule has 3 aromatic rings. The van der Waals surface area contributed by atoms with Gasteiger partial charge in [-0.3, -0.25) is 14.9 Å². The second-order valence-electron chi connectivity index (χ2n) is 5.54. The van der Waals surface area contributed by atoms with Gasteiger partial charge in [-0.15, -0.1) is 11.3 Å². The van der Waals surface area contributed by atoms with Crippen molar-refractivity contribution >= 4 is 28.3 Å². The first-order valence-electron chi connectivity index (χ1n) is 8.22. The zero-order chi connectivity index (χ0) is 18.4. The van der Waals surface area contributed by atoms with Crippen LogP contribution < -0.4 is 5.32 Å². The van der Waals surface area contributed by atoms with E-state index in [2.05, 4.69) is 22.4 Å². The molecule has 132 valence electrons. The summed E-state index contributed by atoms with van der Waals surface area (Å²) in [6.07, 6.45) is 0.244. The van der Waals surface area contributed by atoms with Gasteiger partial charge < -0.3 is 4.74 Å². The standard InChI is InChI=1S/C20H18N2O3S/c1-2-19(24)25-12-18(23)22-20-21-17(13-26-20)16-10-8-15(9-11-16)14-6-4-3-5-7-14/h3-11,13H,2,12H2,1H3,(H,21,22,23). The minimum Gasteiger partial charge on any atom is -0.456 e. The fourth-order valence-corrected chi connectivity index (χ4v) is 3.07. The lowest BCUT2D eigenvalue weighted by molar-refractivity contribution is -0.146. The molecule has 1 amide bonds. The van der Waals surface area contributed by atoms with Crippen molar-refractivity contribution in [3.63, 3.8) is 0 Å². The number of carbonyl (C=O) groups excluding carboxylic acids is 2. The molecule has 1 N–H and O–H groups in total. The molecule has 0 radical (unpaired) electrons. The highest BCUT2D eigenvalue weighted by molar-refractivity contribution is 7.14. The van der Waals surface area contributed by atoms with Crippen LogP contribution in [0.4, 0.5) is 5.13 Å². The SMILES string of the molecule is CCC(=O)OCC(=O)Nc1nc(-c2ccc(-c3ccccc3)cc2)cs1. The largest absolute Gasteiger partial charge is 0.456 e. The number of anilines is 1. The summed E-state index contributed by atoms with van der Waals surface area (Å²) in [5.41, 5.74) is 4.05. The van der Waals surface area contributed by atoms with Crippen LogP contribution in [0.3, 0.4) is 0 Å². The summed E-state index contributed by atoms with van der Waals surface area (Å²) in [6.45, 7) is 1.38. The number of nitrogens with one attached hydrogen (secondary N) is 1. The molecule has 0 atom stereocenters.